The molecule has 0 aliphatic carbocycles. The number of aromatic nitrogens is 1. The Balaban J connectivity index is 1.33. The molecule has 6 nitrogen and oxygen atoms in total. The number of para-hydroxylation sites is 1. The van der Waals surface area contributed by atoms with Crippen LogP contribution in [-0.4, -0.2) is 35.0 Å². The number of amides is 2. The van der Waals surface area contributed by atoms with Crippen LogP contribution in [0.2, 0.25) is 0 Å². The molecule has 1 unspecified atom stereocenters. The average Bonchev–Trinajstić information content (AvgIpc) is 3.46. The van der Waals surface area contributed by atoms with Crippen LogP contribution in [0.15, 0.2) is 47.0 Å². The van der Waals surface area contributed by atoms with Crippen molar-refractivity contribution in [1.82, 2.24) is 10.1 Å². The summed E-state index contributed by atoms with van der Waals surface area (Å²) < 4.78 is 18.9. The molecule has 2 aliphatic heterocycles. The molecule has 0 spiro atoms. The number of anilines is 1. The van der Waals surface area contributed by atoms with Crippen molar-refractivity contribution >= 4 is 17.5 Å². The van der Waals surface area contributed by atoms with E-state index < -0.39 is 0 Å². The quantitative estimate of drug-likeness (QED) is 0.559. The largest absolute Gasteiger partial charge is 0.356 e. The summed E-state index contributed by atoms with van der Waals surface area (Å²) in [6, 6.07) is 12.3. The Hall–Kier alpha value is -3.48. The van der Waals surface area contributed by atoms with Crippen LogP contribution in [-0.2, 0) is 35.4 Å². The van der Waals surface area contributed by atoms with Crippen LogP contribution in [0.25, 0.3) is 11.3 Å². The van der Waals surface area contributed by atoms with Crippen molar-refractivity contribution in [2.24, 2.45) is 5.92 Å². The van der Waals surface area contributed by atoms with Crippen LogP contribution in [0, 0.1) is 11.7 Å². The average molecular weight is 462 g/mol. The predicted molar refractivity (Wildman–Crippen MR) is 127 cm³/mol. The van der Waals surface area contributed by atoms with Gasteiger partial charge in [-0.2, -0.15) is 0 Å². The smallest absolute Gasteiger partial charge is 0.228 e. The van der Waals surface area contributed by atoms with Gasteiger partial charge in [-0.3, -0.25) is 9.59 Å². The van der Waals surface area contributed by atoms with Gasteiger partial charge in [-0.15, -0.1) is 0 Å². The number of hydrogen-bond acceptors (Lipinski definition) is 4. The van der Waals surface area contributed by atoms with E-state index in [1.165, 1.54) is 12.1 Å². The second kappa shape index (κ2) is 9.05. The third kappa shape index (κ3) is 3.89. The Labute approximate surface area is 198 Å². The molecule has 5 rings (SSSR count). The zero-order chi connectivity index (χ0) is 23.8. The number of nitrogens with zero attached hydrogens (tertiary/aromatic N) is 3. The Morgan fingerprint density at radius 1 is 1.12 bits per heavy atom. The van der Waals surface area contributed by atoms with Gasteiger partial charge in [0.2, 0.25) is 11.8 Å². The highest BCUT2D eigenvalue weighted by Crippen LogP contribution is 2.35. The summed E-state index contributed by atoms with van der Waals surface area (Å²) in [4.78, 5) is 30.0. The number of rotatable bonds is 5. The van der Waals surface area contributed by atoms with Crippen LogP contribution in [0.1, 0.15) is 42.7 Å². The van der Waals surface area contributed by atoms with E-state index >= 15 is 0 Å². The highest BCUT2D eigenvalue weighted by Gasteiger charge is 2.39. The SMILES string of the molecule is CCc1cccc(CC)c1N1CC(C(=O)N2CCc3c(noc3-c3ccc(F)cc3)C2)CC1=O. The van der Waals surface area contributed by atoms with Gasteiger partial charge >= 0.3 is 0 Å². The first-order valence-electron chi connectivity index (χ1n) is 11.9. The summed E-state index contributed by atoms with van der Waals surface area (Å²) in [7, 11) is 0. The molecule has 176 valence electrons. The van der Waals surface area contributed by atoms with Crippen molar-refractivity contribution in [1.29, 1.82) is 0 Å². The molecule has 0 N–H and O–H groups in total. The van der Waals surface area contributed by atoms with E-state index in [-0.39, 0.29) is 30.0 Å². The molecule has 34 heavy (non-hydrogen) atoms. The normalized spacial score (nSPS) is 17.9. The molecule has 7 heteroatoms. The number of aryl methyl sites for hydroxylation is 2. The Morgan fingerprint density at radius 2 is 1.82 bits per heavy atom. The van der Waals surface area contributed by atoms with Gasteiger partial charge in [0.1, 0.15) is 11.5 Å². The standard InChI is InChI=1S/C27H28FN3O3/c1-3-17-6-5-7-18(4-2)25(17)31-15-20(14-24(31)32)27(33)30-13-12-22-23(16-30)29-34-26(22)19-8-10-21(28)11-9-19/h5-11,20H,3-4,12-16H2,1-2H3. The fourth-order valence-corrected chi connectivity index (χ4v) is 5.16. The molecule has 3 aromatic rings. The first-order valence-corrected chi connectivity index (χ1v) is 11.9. The molecule has 2 amide bonds. The van der Waals surface area contributed by atoms with Gasteiger partial charge in [0.15, 0.2) is 5.76 Å². The minimum Gasteiger partial charge on any atom is -0.356 e. The molecule has 2 aliphatic rings. The van der Waals surface area contributed by atoms with Crippen LogP contribution in [0.3, 0.4) is 0 Å². The molecule has 0 bridgehead atoms. The van der Waals surface area contributed by atoms with Crippen molar-refractivity contribution in [3.63, 3.8) is 0 Å². The lowest BCUT2D eigenvalue weighted by Crippen LogP contribution is -2.40. The van der Waals surface area contributed by atoms with E-state index in [0.29, 0.717) is 31.8 Å². The maximum absolute atomic E-state index is 13.4. The molecule has 1 atom stereocenters. The highest BCUT2D eigenvalue weighted by atomic mass is 19.1. The summed E-state index contributed by atoms with van der Waals surface area (Å²) in [6.45, 7) is 5.48. The highest BCUT2D eigenvalue weighted by molar-refractivity contribution is 6.01. The van der Waals surface area contributed by atoms with Gasteiger partial charge in [0, 0.05) is 36.3 Å². The van der Waals surface area contributed by atoms with Crippen LogP contribution in [0.5, 0.6) is 0 Å². The van der Waals surface area contributed by atoms with Gasteiger partial charge in [-0.05, 0) is 54.7 Å². The van der Waals surface area contributed by atoms with Crippen molar-refractivity contribution in [2.45, 2.75) is 46.1 Å². The lowest BCUT2D eigenvalue weighted by molar-refractivity contribution is -0.136. The molecule has 2 aromatic carbocycles. The Kier molecular flexibility index (Phi) is 5.94. The van der Waals surface area contributed by atoms with Gasteiger partial charge in [0.05, 0.1) is 12.5 Å². The lowest BCUT2D eigenvalue weighted by atomic mass is 9.99. The zero-order valence-corrected chi connectivity index (χ0v) is 19.5. The Bertz CT molecular complexity index is 1210. The van der Waals surface area contributed by atoms with Crippen molar-refractivity contribution < 1.29 is 18.5 Å². The van der Waals surface area contributed by atoms with E-state index in [1.54, 1.807) is 17.0 Å². The first kappa shape index (κ1) is 22.3. The molecule has 0 radical (unpaired) electrons. The summed E-state index contributed by atoms with van der Waals surface area (Å²) in [6.07, 6.45) is 2.51. The monoisotopic (exact) mass is 461 g/mol. The minimum absolute atomic E-state index is 0.00619. The maximum Gasteiger partial charge on any atom is 0.228 e. The van der Waals surface area contributed by atoms with E-state index in [0.717, 1.165) is 46.5 Å². The van der Waals surface area contributed by atoms with E-state index in [1.807, 2.05) is 11.0 Å². The topological polar surface area (TPSA) is 66.7 Å². The summed E-state index contributed by atoms with van der Waals surface area (Å²) in [5, 5.41) is 4.20. The summed E-state index contributed by atoms with van der Waals surface area (Å²) in [5.41, 5.74) is 5.72. The van der Waals surface area contributed by atoms with Crippen molar-refractivity contribution in [3.8, 4) is 11.3 Å². The predicted octanol–water partition coefficient (Wildman–Crippen LogP) is 4.54. The fraction of sp³-hybridized carbons (Fsp3) is 0.370. The number of benzene rings is 2. The number of halogens is 1. The lowest BCUT2D eigenvalue weighted by Gasteiger charge is -2.29. The van der Waals surface area contributed by atoms with E-state index in [9.17, 15) is 14.0 Å². The van der Waals surface area contributed by atoms with Crippen molar-refractivity contribution in [3.05, 3.63) is 70.7 Å². The van der Waals surface area contributed by atoms with Gasteiger partial charge in [-0.1, -0.05) is 37.2 Å². The van der Waals surface area contributed by atoms with E-state index in [2.05, 4.69) is 31.1 Å². The third-order valence-electron chi connectivity index (χ3n) is 6.97. The molecule has 3 heterocycles. The Morgan fingerprint density at radius 3 is 2.50 bits per heavy atom. The second-order valence-electron chi connectivity index (χ2n) is 8.99. The number of carbonyl (C=O) groups is 2. The van der Waals surface area contributed by atoms with Crippen LogP contribution >= 0.6 is 0 Å². The summed E-state index contributed by atoms with van der Waals surface area (Å²) >= 11 is 0. The number of fused-ring (bicyclic) bond motifs is 1. The molecular formula is C27H28FN3O3. The van der Waals surface area contributed by atoms with E-state index in [4.69, 9.17) is 4.52 Å². The van der Waals surface area contributed by atoms with Crippen molar-refractivity contribution in [2.75, 3.05) is 18.0 Å². The third-order valence-corrected chi connectivity index (χ3v) is 6.97. The van der Waals surface area contributed by atoms with Crippen LogP contribution in [0.4, 0.5) is 10.1 Å². The first-order chi connectivity index (χ1) is 16.5. The second-order valence-corrected chi connectivity index (χ2v) is 8.99. The van der Waals surface area contributed by atoms with Gasteiger partial charge in [0.25, 0.3) is 0 Å². The fourth-order valence-electron chi connectivity index (χ4n) is 5.16. The molecular weight excluding hydrogens is 433 g/mol. The number of hydrogen-bond donors (Lipinski definition) is 0. The maximum atomic E-state index is 13.4. The summed E-state index contributed by atoms with van der Waals surface area (Å²) in [5.74, 6) is -0.0482. The number of carbonyl (C=O) groups excluding carboxylic acids is 2. The van der Waals surface area contributed by atoms with Gasteiger partial charge < -0.3 is 14.3 Å². The molecule has 0 saturated carbocycles. The van der Waals surface area contributed by atoms with Gasteiger partial charge in [-0.25, -0.2) is 4.39 Å². The molecule has 1 fully saturated rings. The van der Waals surface area contributed by atoms with Crippen LogP contribution < -0.4 is 4.90 Å². The molecule has 1 aromatic heterocycles. The zero-order valence-electron chi connectivity index (χ0n) is 19.5. The molecule has 1 saturated heterocycles. The minimum atomic E-state index is -0.368.